The van der Waals surface area contributed by atoms with E-state index in [9.17, 15) is 4.79 Å². The Hall–Kier alpha value is -0.680. The molecule has 1 unspecified atom stereocenters. The second kappa shape index (κ2) is 4.67. The van der Waals surface area contributed by atoms with E-state index in [0.717, 1.165) is 16.5 Å². The summed E-state index contributed by atoms with van der Waals surface area (Å²) < 4.78 is 6.62. The van der Waals surface area contributed by atoms with Crippen LogP contribution in [0.3, 0.4) is 0 Å². The van der Waals surface area contributed by atoms with Crippen LogP contribution >= 0.6 is 28.4 Å². The van der Waals surface area contributed by atoms with E-state index in [0.29, 0.717) is 11.9 Å². The Balaban J connectivity index is 2.67. The molecule has 0 saturated carbocycles. The number of carbonyl (C=O) groups excluding carboxylic acids is 1. The van der Waals surface area contributed by atoms with Crippen molar-refractivity contribution in [3.8, 4) is 0 Å². The van der Waals surface area contributed by atoms with Gasteiger partial charge in [0.05, 0.1) is 30.8 Å². The van der Waals surface area contributed by atoms with Crippen LogP contribution in [-0.4, -0.2) is 22.6 Å². The van der Waals surface area contributed by atoms with Crippen molar-refractivity contribution < 1.29 is 9.53 Å². The van der Waals surface area contributed by atoms with Crippen molar-refractivity contribution in [2.75, 3.05) is 7.11 Å². The lowest BCUT2D eigenvalue weighted by Gasteiger charge is -2.05. The van der Waals surface area contributed by atoms with E-state index >= 15 is 0 Å². The van der Waals surface area contributed by atoms with Crippen LogP contribution in [0.4, 0.5) is 0 Å². The van der Waals surface area contributed by atoms with Crippen LogP contribution in [0.5, 0.6) is 0 Å². The molecular formula is C10H10IN2O2P. The summed E-state index contributed by atoms with van der Waals surface area (Å²) in [4.78, 5) is 11.5. The van der Waals surface area contributed by atoms with Gasteiger partial charge in [0.2, 0.25) is 0 Å². The first kappa shape index (κ1) is 11.8. The number of hydrogen-bond acceptors (Lipinski definition) is 3. The van der Waals surface area contributed by atoms with Crippen molar-refractivity contribution in [3.05, 3.63) is 29.5 Å². The van der Waals surface area contributed by atoms with Gasteiger partial charge in [-0.1, -0.05) is 0 Å². The third kappa shape index (κ3) is 1.94. The molecule has 0 radical (unpaired) electrons. The second-order valence-electron chi connectivity index (χ2n) is 3.36. The normalized spacial score (nSPS) is 11.4. The van der Waals surface area contributed by atoms with Crippen molar-refractivity contribution in [1.29, 1.82) is 0 Å². The van der Waals surface area contributed by atoms with Crippen molar-refractivity contribution in [2.24, 2.45) is 0 Å². The smallest absolute Gasteiger partial charge is 0.338 e. The van der Waals surface area contributed by atoms with Crippen LogP contribution in [0.2, 0.25) is 0 Å². The first-order valence-electron chi connectivity index (χ1n) is 4.60. The van der Waals surface area contributed by atoms with Gasteiger partial charge in [-0.2, -0.15) is 5.10 Å². The van der Waals surface area contributed by atoms with Crippen LogP contribution < -0.4 is 0 Å². The number of halogens is 1. The number of rotatable bonds is 2. The summed E-state index contributed by atoms with van der Waals surface area (Å²) >= 11 is 2.26. The van der Waals surface area contributed by atoms with Crippen LogP contribution in [0.25, 0.3) is 10.9 Å². The van der Waals surface area contributed by atoms with E-state index in [4.69, 9.17) is 4.74 Å². The minimum atomic E-state index is -0.302. The van der Waals surface area contributed by atoms with E-state index in [1.807, 2.05) is 29.7 Å². The van der Waals surface area contributed by atoms with Crippen LogP contribution in [0.15, 0.2) is 18.3 Å². The van der Waals surface area contributed by atoms with Gasteiger partial charge in [-0.05, 0) is 46.7 Å². The van der Waals surface area contributed by atoms with E-state index < -0.39 is 0 Å². The number of methoxy groups -OCH3 is 1. The molecule has 0 fully saturated rings. The standard InChI is InChI=1S/C10H10IN2O2P/c1-6-3-7-5-12-13(16-11)9(7)4-8(6)10(14)15-2/h3-5,16H,1-2H3. The Labute approximate surface area is 108 Å². The maximum absolute atomic E-state index is 11.5. The molecule has 0 amide bonds. The minimum absolute atomic E-state index is 0.302. The van der Waals surface area contributed by atoms with Crippen molar-refractivity contribution in [3.63, 3.8) is 0 Å². The number of aromatic nitrogens is 2. The highest BCUT2D eigenvalue weighted by molar-refractivity contribution is 14.2. The molecule has 1 aromatic carbocycles. The Bertz CT molecular complexity index is 553. The maximum atomic E-state index is 11.5. The molecule has 2 rings (SSSR count). The van der Waals surface area contributed by atoms with E-state index in [1.165, 1.54) is 7.11 Å². The zero-order valence-electron chi connectivity index (χ0n) is 8.82. The second-order valence-corrected chi connectivity index (χ2v) is 5.40. The van der Waals surface area contributed by atoms with Gasteiger partial charge in [-0.3, -0.25) is 0 Å². The summed E-state index contributed by atoms with van der Waals surface area (Å²) in [5, 5.41) is 5.30. The van der Waals surface area contributed by atoms with Crippen molar-refractivity contribution in [2.45, 2.75) is 6.92 Å². The van der Waals surface area contributed by atoms with Gasteiger partial charge in [0.25, 0.3) is 0 Å². The summed E-state index contributed by atoms with van der Waals surface area (Å²) in [6.45, 7) is 1.90. The number of fused-ring (bicyclic) bond motifs is 1. The number of nitrogens with zero attached hydrogens (tertiary/aromatic N) is 2. The summed E-state index contributed by atoms with van der Waals surface area (Å²) in [6.07, 6.45) is 2.33. The van der Waals surface area contributed by atoms with Gasteiger partial charge in [-0.15, -0.1) is 0 Å². The molecule has 0 aliphatic heterocycles. The summed E-state index contributed by atoms with van der Waals surface area (Å²) in [6, 6.07) is 3.80. The van der Waals surface area contributed by atoms with Gasteiger partial charge in [-0.25, -0.2) is 9.25 Å². The van der Waals surface area contributed by atoms with Gasteiger partial charge in [0, 0.05) is 5.39 Å². The maximum Gasteiger partial charge on any atom is 0.338 e. The lowest BCUT2D eigenvalue weighted by Crippen LogP contribution is -2.03. The van der Waals surface area contributed by atoms with Crippen LogP contribution in [0, 0.1) is 6.92 Å². The van der Waals surface area contributed by atoms with Crippen molar-refractivity contribution >= 4 is 45.3 Å². The quantitative estimate of drug-likeness (QED) is 0.476. The predicted molar refractivity (Wildman–Crippen MR) is 73.5 cm³/mol. The highest BCUT2D eigenvalue weighted by atomic mass is 127. The third-order valence-electron chi connectivity index (χ3n) is 2.40. The fourth-order valence-corrected chi connectivity index (χ4v) is 3.12. The zero-order valence-corrected chi connectivity index (χ0v) is 12.0. The zero-order chi connectivity index (χ0) is 11.7. The van der Waals surface area contributed by atoms with Gasteiger partial charge in [0.1, 0.15) is 0 Å². The average molecular weight is 348 g/mol. The molecule has 4 nitrogen and oxygen atoms in total. The molecule has 1 heterocycles. The van der Waals surface area contributed by atoms with E-state index in [1.54, 1.807) is 0 Å². The van der Waals surface area contributed by atoms with E-state index in [2.05, 4.69) is 27.1 Å². The van der Waals surface area contributed by atoms with E-state index in [-0.39, 0.29) is 5.97 Å². The molecule has 0 aliphatic rings. The number of hydrogen-bond donors (Lipinski definition) is 0. The average Bonchev–Trinajstić information content (AvgIpc) is 2.68. The summed E-state index contributed by atoms with van der Waals surface area (Å²) in [7, 11) is 1.39. The van der Waals surface area contributed by atoms with Gasteiger partial charge < -0.3 is 4.74 Å². The van der Waals surface area contributed by atoms with Crippen LogP contribution in [0.1, 0.15) is 15.9 Å². The predicted octanol–water partition coefficient (Wildman–Crippen LogP) is 2.92. The minimum Gasteiger partial charge on any atom is -0.465 e. The van der Waals surface area contributed by atoms with Gasteiger partial charge in [0.15, 0.2) is 0 Å². The molecule has 6 heteroatoms. The molecule has 84 valence electrons. The highest BCUT2D eigenvalue weighted by Gasteiger charge is 2.12. The number of ether oxygens (including phenoxy) is 1. The Kier molecular flexibility index (Phi) is 3.44. The Morgan fingerprint density at radius 2 is 2.31 bits per heavy atom. The Morgan fingerprint density at radius 1 is 1.56 bits per heavy atom. The molecule has 0 spiro atoms. The lowest BCUT2D eigenvalue weighted by molar-refractivity contribution is 0.0600. The molecule has 0 N–H and O–H groups in total. The summed E-state index contributed by atoms with van der Waals surface area (Å²) in [5.41, 5.74) is 2.49. The molecule has 1 aromatic heterocycles. The lowest BCUT2D eigenvalue weighted by atomic mass is 10.1. The number of carbonyl (C=O) groups is 1. The fraction of sp³-hybridized carbons (Fsp3) is 0.200. The topological polar surface area (TPSA) is 44.1 Å². The highest BCUT2D eigenvalue weighted by Crippen LogP contribution is 2.29. The molecule has 0 bridgehead atoms. The third-order valence-corrected chi connectivity index (χ3v) is 4.29. The van der Waals surface area contributed by atoms with Crippen molar-refractivity contribution in [1.82, 2.24) is 9.55 Å². The molecule has 16 heavy (non-hydrogen) atoms. The number of aryl methyl sites for hydroxylation is 1. The SMILES string of the molecule is COC(=O)c1cc2c(cnn2PI)cc1C. The Morgan fingerprint density at radius 3 is 2.94 bits per heavy atom. The number of esters is 1. The summed E-state index contributed by atoms with van der Waals surface area (Å²) in [5.74, 6) is -0.302. The largest absolute Gasteiger partial charge is 0.465 e. The monoisotopic (exact) mass is 348 g/mol. The molecule has 0 saturated heterocycles. The first-order valence-corrected chi connectivity index (χ1v) is 8.67. The molecular weight excluding hydrogens is 338 g/mol. The first-order chi connectivity index (χ1) is 7.67. The molecule has 2 aromatic rings. The molecule has 0 aliphatic carbocycles. The van der Waals surface area contributed by atoms with Gasteiger partial charge >= 0.3 is 5.97 Å². The fourth-order valence-electron chi connectivity index (χ4n) is 1.59. The molecule has 1 atom stereocenters. The van der Waals surface area contributed by atoms with Crippen LogP contribution in [-0.2, 0) is 4.74 Å². The number of benzene rings is 1.